The number of carbonyl (C=O) groups is 2. The van der Waals surface area contributed by atoms with Crippen LogP contribution in [-0.2, 0) is 14.3 Å². The molecule has 0 radical (unpaired) electrons. The van der Waals surface area contributed by atoms with E-state index in [2.05, 4.69) is 5.32 Å². The molecule has 6 unspecified atom stereocenters. The summed E-state index contributed by atoms with van der Waals surface area (Å²) in [5, 5.41) is 14.3. The Bertz CT molecular complexity index is 405. The van der Waals surface area contributed by atoms with Crippen LogP contribution < -0.4 is 10.4 Å². The lowest BCUT2D eigenvalue weighted by molar-refractivity contribution is -0.314. The van der Waals surface area contributed by atoms with Crippen molar-refractivity contribution in [2.24, 2.45) is 23.7 Å². The van der Waals surface area contributed by atoms with E-state index < -0.39 is 17.8 Å². The van der Waals surface area contributed by atoms with Gasteiger partial charge in [0.15, 0.2) is 0 Å². The Morgan fingerprint density at radius 2 is 1.90 bits per heavy atom. The summed E-state index contributed by atoms with van der Waals surface area (Å²) in [7, 11) is 0. The van der Waals surface area contributed by atoms with Gasteiger partial charge in [-0.15, -0.1) is 0 Å². The fourth-order valence-corrected chi connectivity index (χ4v) is 4.42. The second kappa shape index (κ2) is 5.35. The van der Waals surface area contributed by atoms with Crippen molar-refractivity contribution in [1.29, 1.82) is 0 Å². The number of ether oxygens (including phenoxy) is 1. The van der Waals surface area contributed by atoms with Crippen LogP contribution in [0.3, 0.4) is 0 Å². The standard InChI is InChI=1S/C15H23NO4/c1-8(11-3-2-6-20-11)16-14(17)12-9-4-5-10(7-9)13(12)15(18)19/h8-13H,2-7H2,1H3,(H,16,17)(H,18,19)/p-1. The van der Waals surface area contributed by atoms with E-state index in [0.717, 1.165) is 38.7 Å². The molecule has 1 heterocycles. The minimum atomic E-state index is -1.05. The molecule has 0 aromatic rings. The summed E-state index contributed by atoms with van der Waals surface area (Å²) in [5.41, 5.74) is 0. The average molecular weight is 280 g/mol. The third kappa shape index (κ3) is 2.32. The lowest BCUT2D eigenvalue weighted by Gasteiger charge is -2.32. The number of nitrogens with one attached hydrogen (secondary N) is 1. The van der Waals surface area contributed by atoms with Gasteiger partial charge >= 0.3 is 0 Å². The molecule has 3 fully saturated rings. The first-order valence-electron chi connectivity index (χ1n) is 7.70. The highest BCUT2D eigenvalue weighted by Gasteiger charge is 2.51. The first-order chi connectivity index (χ1) is 9.58. The summed E-state index contributed by atoms with van der Waals surface area (Å²) in [6, 6.07) is -0.0495. The second-order valence-electron chi connectivity index (χ2n) is 6.55. The Hall–Kier alpha value is -1.10. The van der Waals surface area contributed by atoms with Crippen molar-refractivity contribution < 1.29 is 19.4 Å². The number of rotatable bonds is 4. The number of hydrogen-bond acceptors (Lipinski definition) is 4. The van der Waals surface area contributed by atoms with E-state index >= 15 is 0 Å². The van der Waals surface area contributed by atoms with Gasteiger partial charge in [-0.3, -0.25) is 4.79 Å². The van der Waals surface area contributed by atoms with Crippen molar-refractivity contribution in [2.45, 2.75) is 51.2 Å². The predicted molar refractivity (Wildman–Crippen MR) is 69.4 cm³/mol. The zero-order chi connectivity index (χ0) is 14.3. The van der Waals surface area contributed by atoms with Gasteiger partial charge in [0.2, 0.25) is 5.91 Å². The van der Waals surface area contributed by atoms with Gasteiger partial charge in [0, 0.05) is 24.4 Å². The number of fused-ring (bicyclic) bond motifs is 2. The summed E-state index contributed by atoms with van der Waals surface area (Å²) in [5.74, 6) is -1.80. The number of aliphatic carboxylic acids is 1. The molecule has 5 nitrogen and oxygen atoms in total. The van der Waals surface area contributed by atoms with Gasteiger partial charge in [-0.1, -0.05) is 0 Å². The van der Waals surface area contributed by atoms with E-state index in [1.165, 1.54) is 0 Å². The molecule has 2 aliphatic carbocycles. The Morgan fingerprint density at radius 3 is 2.50 bits per heavy atom. The van der Waals surface area contributed by atoms with Crippen molar-refractivity contribution in [2.75, 3.05) is 6.61 Å². The molecule has 1 amide bonds. The fourth-order valence-electron chi connectivity index (χ4n) is 4.42. The SMILES string of the molecule is CC(NC(=O)C1C2CCC(C2)C1C(=O)[O-])C1CCCO1. The van der Waals surface area contributed by atoms with E-state index in [9.17, 15) is 14.7 Å². The third-order valence-electron chi connectivity index (χ3n) is 5.38. The molecule has 112 valence electrons. The minimum absolute atomic E-state index is 0.0495. The van der Waals surface area contributed by atoms with Crippen LogP contribution in [0.25, 0.3) is 0 Å². The minimum Gasteiger partial charge on any atom is -0.550 e. The first kappa shape index (κ1) is 13.9. The van der Waals surface area contributed by atoms with Crippen molar-refractivity contribution in [1.82, 2.24) is 5.32 Å². The molecule has 0 aromatic carbocycles. The maximum atomic E-state index is 12.5. The maximum absolute atomic E-state index is 12.5. The smallest absolute Gasteiger partial charge is 0.224 e. The monoisotopic (exact) mass is 280 g/mol. The molecule has 20 heavy (non-hydrogen) atoms. The molecule has 6 atom stereocenters. The summed E-state index contributed by atoms with van der Waals surface area (Å²) >= 11 is 0. The molecule has 0 spiro atoms. The molecule has 2 bridgehead atoms. The first-order valence-corrected chi connectivity index (χ1v) is 7.70. The topological polar surface area (TPSA) is 78.5 Å². The molecule has 3 aliphatic rings. The number of carboxylic acids is 1. The Balaban J connectivity index is 1.65. The van der Waals surface area contributed by atoms with Crippen molar-refractivity contribution >= 4 is 11.9 Å². The zero-order valence-corrected chi connectivity index (χ0v) is 11.8. The average Bonchev–Trinajstić information content (AvgIpc) is 3.13. The van der Waals surface area contributed by atoms with E-state index in [0.29, 0.717) is 0 Å². The van der Waals surface area contributed by atoms with Gasteiger partial charge in [-0.05, 0) is 50.9 Å². The molecule has 1 aliphatic heterocycles. The van der Waals surface area contributed by atoms with Crippen LogP contribution in [0.1, 0.15) is 39.0 Å². The van der Waals surface area contributed by atoms with Gasteiger partial charge in [0.1, 0.15) is 0 Å². The maximum Gasteiger partial charge on any atom is 0.224 e. The van der Waals surface area contributed by atoms with E-state index in [1.54, 1.807) is 0 Å². The van der Waals surface area contributed by atoms with Crippen LogP contribution in [0, 0.1) is 23.7 Å². The van der Waals surface area contributed by atoms with Crippen LogP contribution >= 0.6 is 0 Å². The second-order valence-corrected chi connectivity index (χ2v) is 6.55. The molecule has 5 heteroatoms. The van der Waals surface area contributed by atoms with Crippen LogP contribution in [0.5, 0.6) is 0 Å². The van der Waals surface area contributed by atoms with Crippen LogP contribution in [0.15, 0.2) is 0 Å². The Kier molecular flexibility index (Phi) is 3.71. The van der Waals surface area contributed by atoms with Crippen LogP contribution in [-0.4, -0.2) is 30.6 Å². The Labute approximate surface area is 119 Å². The molecule has 3 rings (SSSR count). The molecule has 1 N–H and O–H groups in total. The summed E-state index contributed by atoms with van der Waals surface area (Å²) in [6.07, 6.45) is 4.82. The molecule has 1 saturated heterocycles. The number of amides is 1. The van der Waals surface area contributed by atoms with Crippen LogP contribution in [0.2, 0.25) is 0 Å². The zero-order valence-electron chi connectivity index (χ0n) is 11.8. The lowest BCUT2D eigenvalue weighted by atomic mass is 9.78. The van der Waals surface area contributed by atoms with Gasteiger partial charge in [0.25, 0.3) is 0 Å². The van der Waals surface area contributed by atoms with Crippen molar-refractivity contribution in [3.05, 3.63) is 0 Å². The fraction of sp³-hybridized carbons (Fsp3) is 0.867. The van der Waals surface area contributed by atoms with E-state index in [1.807, 2.05) is 6.92 Å². The van der Waals surface area contributed by atoms with Gasteiger partial charge in [-0.25, -0.2) is 0 Å². The molecule has 0 aromatic heterocycles. The normalized spacial score (nSPS) is 40.8. The summed E-state index contributed by atoms with van der Waals surface area (Å²) in [6.45, 7) is 2.69. The van der Waals surface area contributed by atoms with Crippen molar-refractivity contribution in [3.8, 4) is 0 Å². The highest BCUT2D eigenvalue weighted by Crippen LogP contribution is 2.52. The Morgan fingerprint density at radius 1 is 1.20 bits per heavy atom. The highest BCUT2D eigenvalue weighted by atomic mass is 16.5. The quantitative estimate of drug-likeness (QED) is 0.791. The third-order valence-corrected chi connectivity index (χ3v) is 5.38. The largest absolute Gasteiger partial charge is 0.550 e. The van der Waals surface area contributed by atoms with Gasteiger partial charge in [0.05, 0.1) is 12.1 Å². The lowest BCUT2D eigenvalue weighted by Crippen LogP contribution is -2.49. The van der Waals surface area contributed by atoms with Gasteiger partial charge < -0.3 is 20.0 Å². The van der Waals surface area contributed by atoms with Crippen molar-refractivity contribution in [3.63, 3.8) is 0 Å². The highest BCUT2D eigenvalue weighted by molar-refractivity contribution is 5.85. The summed E-state index contributed by atoms with van der Waals surface area (Å²) in [4.78, 5) is 23.8. The number of carboxylic acid groups (broad SMARTS) is 1. The molecular formula is C15H22NO4-. The van der Waals surface area contributed by atoms with E-state index in [4.69, 9.17) is 4.74 Å². The predicted octanol–water partition coefficient (Wildman–Crippen LogP) is 0.0823. The number of hydrogen-bond donors (Lipinski definition) is 1. The molecular weight excluding hydrogens is 258 g/mol. The molecule has 2 saturated carbocycles. The number of carbonyl (C=O) groups excluding carboxylic acids is 2. The van der Waals surface area contributed by atoms with Gasteiger partial charge in [-0.2, -0.15) is 0 Å². The summed E-state index contributed by atoms with van der Waals surface area (Å²) < 4.78 is 5.57. The van der Waals surface area contributed by atoms with E-state index in [-0.39, 0.29) is 29.9 Å². The van der Waals surface area contributed by atoms with Crippen LogP contribution in [0.4, 0.5) is 0 Å².